The lowest BCUT2D eigenvalue weighted by Gasteiger charge is -2.23. The van der Waals surface area contributed by atoms with Crippen LogP contribution in [0.5, 0.6) is 23.0 Å². The van der Waals surface area contributed by atoms with Crippen molar-refractivity contribution in [1.82, 2.24) is 4.57 Å². The number of hydrogen-bond donors (Lipinski definition) is 0. The summed E-state index contributed by atoms with van der Waals surface area (Å²) in [4.78, 5) is 49.0. The van der Waals surface area contributed by atoms with Crippen LogP contribution in [-0.2, 0) is 27.3 Å². The summed E-state index contributed by atoms with van der Waals surface area (Å²) in [7, 11) is 1.50. The predicted octanol–water partition coefficient (Wildman–Crippen LogP) is 6.04. The molecule has 5 aromatic rings. The molecule has 0 bridgehead atoms. The summed E-state index contributed by atoms with van der Waals surface area (Å²) in [5.74, 6) is 0.0157. The fourth-order valence-electron chi connectivity index (χ4n) is 5.97. The van der Waals surface area contributed by atoms with Crippen LogP contribution < -0.4 is 24.6 Å². The van der Waals surface area contributed by atoms with E-state index in [0.717, 1.165) is 33.5 Å². The lowest BCUT2D eigenvalue weighted by atomic mass is 9.91. The highest BCUT2D eigenvalue weighted by atomic mass is 16.6. The van der Waals surface area contributed by atoms with Gasteiger partial charge in [-0.2, -0.15) is 0 Å². The Balaban J connectivity index is 1.74. The first-order valence-corrected chi connectivity index (χ1v) is 14.0. The molecule has 0 amide bonds. The molecule has 2 aromatic heterocycles. The summed E-state index contributed by atoms with van der Waals surface area (Å²) < 4.78 is 29.6. The molecule has 44 heavy (non-hydrogen) atoms. The van der Waals surface area contributed by atoms with Gasteiger partial charge in [0.15, 0.2) is 11.5 Å². The number of rotatable bonds is 5. The average Bonchev–Trinajstić information content (AvgIpc) is 3.30. The van der Waals surface area contributed by atoms with Crippen LogP contribution in [0.15, 0.2) is 51.7 Å². The Morgan fingerprint density at radius 1 is 0.795 bits per heavy atom. The summed E-state index contributed by atoms with van der Waals surface area (Å²) in [6.45, 7) is 8.10. The van der Waals surface area contributed by atoms with Crippen molar-refractivity contribution in [2.24, 2.45) is 0 Å². The van der Waals surface area contributed by atoms with E-state index in [4.69, 9.17) is 23.4 Å². The minimum atomic E-state index is -0.544. The minimum absolute atomic E-state index is 0.268. The molecular weight excluding hydrogens is 566 g/mol. The zero-order valence-corrected chi connectivity index (χ0v) is 25.1. The normalized spacial score (nSPS) is 12.0. The number of esters is 3. The number of methoxy groups -OCH3 is 1. The van der Waals surface area contributed by atoms with E-state index in [1.54, 1.807) is 18.2 Å². The molecule has 0 fully saturated rings. The van der Waals surface area contributed by atoms with Crippen LogP contribution in [0.1, 0.15) is 37.5 Å². The smallest absolute Gasteiger partial charge is 0.361 e. The van der Waals surface area contributed by atoms with Crippen LogP contribution >= 0.6 is 0 Å². The number of carbonyl (C=O) groups excluding carboxylic acids is 3. The van der Waals surface area contributed by atoms with Gasteiger partial charge >= 0.3 is 23.5 Å². The quantitative estimate of drug-likeness (QED) is 0.136. The first-order valence-electron chi connectivity index (χ1n) is 14.0. The first-order chi connectivity index (χ1) is 21.0. The maximum Gasteiger partial charge on any atom is 0.361 e. The maximum atomic E-state index is 13.7. The molecule has 1 aliphatic rings. The Bertz CT molecular complexity index is 2120. The Kier molecular flexibility index (Phi) is 6.99. The van der Waals surface area contributed by atoms with E-state index in [9.17, 15) is 19.2 Å². The van der Waals surface area contributed by atoms with Crippen molar-refractivity contribution < 1.29 is 37.7 Å². The van der Waals surface area contributed by atoms with Gasteiger partial charge in [-0.1, -0.05) is 6.07 Å². The highest BCUT2D eigenvalue weighted by molar-refractivity contribution is 6.17. The summed E-state index contributed by atoms with van der Waals surface area (Å²) in [6, 6.07) is 12.5. The van der Waals surface area contributed by atoms with Crippen LogP contribution in [-0.4, -0.2) is 29.6 Å². The fourth-order valence-corrected chi connectivity index (χ4v) is 5.97. The number of nitrogens with zero attached hydrogens (tertiary/aromatic N) is 1. The molecule has 0 atom stereocenters. The highest BCUT2D eigenvalue weighted by Crippen LogP contribution is 2.49. The van der Waals surface area contributed by atoms with Crippen molar-refractivity contribution in [2.75, 3.05) is 7.11 Å². The van der Waals surface area contributed by atoms with Gasteiger partial charge in [0.2, 0.25) is 0 Å². The standard InChI is InChI=1S/C34H29NO9/c1-16-11-22(7-8-25(16)41-18(3)36)30-31-24-12-17(2)26(42-19(4)37)15-27(24)44-34(39)33(31)35-10-9-21-13-29(43-20(5)38)28(40-6)14-23(21)32(30)35/h7-8,11-15H,9-10H2,1-6H3. The summed E-state index contributed by atoms with van der Waals surface area (Å²) in [5, 5.41) is 1.33. The zero-order chi connectivity index (χ0) is 31.4. The van der Waals surface area contributed by atoms with Gasteiger partial charge in [0, 0.05) is 55.3 Å². The van der Waals surface area contributed by atoms with Crippen molar-refractivity contribution in [3.05, 3.63) is 69.6 Å². The topological polar surface area (TPSA) is 123 Å². The van der Waals surface area contributed by atoms with Crippen LogP contribution in [0, 0.1) is 13.8 Å². The van der Waals surface area contributed by atoms with E-state index in [0.29, 0.717) is 57.8 Å². The van der Waals surface area contributed by atoms with Gasteiger partial charge in [0.05, 0.1) is 12.8 Å². The molecule has 3 aromatic carbocycles. The van der Waals surface area contributed by atoms with Crippen LogP contribution in [0.3, 0.4) is 0 Å². The third kappa shape index (κ3) is 4.78. The van der Waals surface area contributed by atoms with Gasteiger partial charge in [0.25, 0.3) is 0 Å². The molecule has 1 aliphatic heterocycles. The molecule has 6 rings (SSSR count). The van der Waals surface area contributed by atoms with Crippen LogP contribution in [0.25, 0.3) is 44.3 Å². The Hall–Kier alpha value is -5.38. The molecule has 0 N–H and O–H groups in total. The third-order valence-electron chi connectivity index (χ3n) is 7.68. The lowest BCUT2D eigenvalue weighted by Crippen LogP contribution is -2.15. The molecule has 3 heterocycles. The Labute approximate surface area is 251 Å². The second kappa shape index (κ2) is 10.7. The number of carbonyl (C=O) groups is 3. The first kappa shape index (κ1) is 28.7. The summed E-state index contributed by atoms with van der Waals surface area (Å²) in [6.07, 6.45) is 0.552. The van der Waals surface area contributed by atoms with E-state index >= 15 is 0 Å². The summed E-state index contributed by atoms with van der Waals surface area (Å²) >= 11 is 0. The maximum absolute atomic E-state index is 13.7. The van der Waals surface area contributed by atoms with Gasteiger partial charge in [-0.3, -0.25) is 14.4 Å². The third-order valence-corrected chi connectivity index (χ3v) is 7.68. The highest BCUT2D eigenvalue weighted by Gasteiger charge is 2.31. The van der Waals surface area contributed by atoms with E-state index in [1.807, 2.05) is 42.7 Å². The Morgan fingerprint density at radius 3 is 2.11 bits per heavy atom. The van der Waals surface area contributed by atoms with Gasteiger partial charge in [-0.25, -0.2) is 4.79 Å². The second-order valence-corrected chi connectivity index (χ2v) is 10.8. The van der Waals surface area contributed by atoms with E-state index < -0.39 is 23.5 Å². The molecular formula is C34H29NO9. The summed E-state index contributed by atoms with van der Waals surface area (Å²) in [5.41, 5.74) is 5.54. The minimum Gasteiger partial charge on any atom is -0.493 e. The van der Waals surface area contributed by atoms with Crippen molar-refractivity contribution in [1.29, 1.82) is 0 Å². The average molecular weight is 596 g/mol. The SMILES string of the molecule is COc1cc2c(cc1OC(C)=O)CCn1c-2c(-c2ccc(OC(C)=O)c(C)c2)c2c3cc(C)c(OC(C)=O)cc3oc(=O)c21. The molecule has 0 unspecified atom stereocenters. The predicted molar refractivity (Wildman–Crippen MR) is 163 cm³/mol. The van der Waals surface area contributed by atoms with E-state index in [1.165, 1.54) is 27.9 Å². The Morgan fingerprint density at radius 2 is 1.45 bits per heavy atom. The largest absolute Gasteiger partial charge is 0.493 e. The molecule has 10 heteroatoms. The number of ether oxygens (including phenoxy) is 4. The number of benzene rings is 3. The fraction of sp³-hybridized carbons (Fsp3) is 0.235. The monoisotopic (exact) mass is 595 g/mol. The van der Waals surface area contributed by atoms with Crippen molar-refractivity contribution in [3.63, 3.8) is 0 Å². The molecule has 10 nitrogen and oxygen atoms in total. The zero-order valence-electron chi connectivity index (χ0n) is 25.1. The molecule has 224 valence electrons. The number of hydrogen-bond acceptors (Lipinski definition) is 9. The van der Waals surface area contributed by atoms with Crippen LogP contribution in [0.2, 0.25) is 0 Å². The molecule has 0 radical (unpaired) electrons. The van der Waals surface area contributed by atoms with Gasteiger partial charge < -0.3 is 27.9 Å². The van der Waals surface area contributed by atoms with E-state index in [2.05, 4.69) is 0 Å². The lowest BCUT2D eigenvalue weighted by molar-refractivity contribution is -0.132. The van der Waals surface area contributed by atoms with Crippen molar-refractivity contribution in [2.45, 2.75) is 47.6 Å². The van der Waals surface area contributed by atoms with Crippen LogP contribution in [0.4, 0.5) is 0 Å². The number of fused-ring (bicyclic) bond motifs is 7. The molecule has 0 aliphatic carbocycles. The van der Waals surface area contributed by atoms with Crippen molar-refractivity contribution >= 4 is 39.8 Å². The number of aromatic nitrogens is 1. The number of aryl methyl sites for hydroxylation is 4. The second-order valence-electron chi connectivity index (χ2n) is 10.8. The van der Waals surface area contributed by atoms with Gasteiger partial charge in [-0.05, 0) is 72.9 Å². The molecule has 0 spiro atoms. The van der Waals surface area contributed by atoms with Crippen molar-refractivity contribution in [3.8, 4) is 45.4 Å². The van der Waals surface area contributed by atoms with Gasteiger partial charge in [-0.15, -0.1) is 0 Å². The van der Waals surface area contributed by atoms with E-state index in [-0.39, 0.29) is 5.58 Å². The van der Waals surface area contributed by atoms with Gasteiger partial charge in [0.1, 0.15) is 22.6 Å². The molecule has 0 saturated carbocycles. The molecule has 0 saturated heterocycles.